The average Bonchev–Trinajstić information content (AvgIpc) is 2.81. The summed E-state index contributed by atoms with van der Waals surface area (Å²) < 4.78 is 1.53. The zero-order valence-electron chi connectivity index (χ0n) is 10.5. The molecule has 0 aromatic carbocycles. The number of aliphatic hydroxyl groups excluding tert-OH is 1. The number of aromatic nitrogens is 1. The van der Waals surface area contributed by atoms with E-state index in [4.69, 9.17) is 0 Å². The molecule has 6 nitrogen and oxygen atoms in total. The summed E-state index contributed by atoms with van der Waals surface area (Å²) in [6.45, 7) is 4.44. The van der Waals surface area contributed by atoms with Crippen molar-refractivity contribution in [1.82, 2.24) is 4.57 Å². The number of carbonyl (C=O) groups excluding carboxylic acids is 1. The van der Waals surface area contributed by atoms with Crippen molar-refractivity contribution in [3.05, 3.63) is 22.5 Å². The van der Waals surface area contributed by atoms with Gasteiger partial charge in [0.1, 0.15) is 5.82 Å². The summed E-state index contributed by atoms with van der Waals surface area (Å²) in [5, 5.41) is 12.2. The van der Waals surface area contributed by atoms with Gasteiger partial charge in [0.05, 0.1) is 31.4 Å². The van der Waals surface area contributed by atoms with Gasteiger partial charge in [-0.2, -0.15) is 0 Å². The fourth-order valence-corrected chi connectivity index (χ4v) is 2.33. The first kappa shape index (κ1) is 12.6. The Morgan fingerprint density at radius 2 is 2.11 bits per heavy atom. The van der Waals surface area contributed by atoms with Gasteiger partial charge in [0.25, 0.3) is 5.56 Å². The van der Waals surface area contributed by atoms with Crippen molar-refractivity contribution >= 4 is 17.4 Å². The molecule has 0 spiro atoms. The molecule has 3 heterocycles. The van der Waals surface area contributed by atoms with Gasteiger partial charge in [-0.25, -0.2) is 0 Å². The highest BCUT2D eigenvalue weighted by Gasteiger charge is 2.38. The number of nitrogens with one attached hydrogen (secondary N) is 1. The number of aliphatic hydroxyl groups is 1. The molecule has 1 atom stereocenters. The van der Waals surface area contributed by atoms with Gasteiger partial charge in [-0.1, -0.05) is 13.8 Å². The van der Waals surface area contributed by atoms with Crippen LogP contribution < -0.4 is 15.8 Å². The summed E-state index contributed by atoms with van der Waals surface area (Å²) in [4.78, 5) is 24.9. The third-order valence-electron chi connectivity index (χ3n) is 3.05. The van der Waals surface area contributed by atoms with Gasteiger partial charge in [0, 0.05) is 6.07 Å². The minimum absolute atomic E-state index is 0.108. The van der Waals surface area contributed by atoms with Crippen molar-refractivity contribution in [2.24, 2.45) is 0 Å². The maximum absolute atomic E-state index is 11.7. The van der Waals surface area contributed by atoms with E-state index in [-0.39, 0.29) is 30.7 Å². The van der Waals surface area contributed by atoms with Gasteiger partial charge in [-0.05, 0) is 6.07 Å². The molecule has 3 rings (SSSR count). The van der Waals surface area contributed by atoms with Crippen molar-refractivity contribution in [3.8, 4) is 0 Å². The Bertz CT molecular complexity index is 524. The lowest BCUT2D eigenvalue weighted by Crippen LogP contribution is -2.45. The smallest absolute Gasteiger partial charge is 0.252 e. The number of nitrogens with zero attached hydrogens (tertiary/aromatic N) is 2. The largest absolute Gasteiger partial charge is 0.394 e. The van der Waals surface area contributed by atoms with E-state index >= 15 is 0 Å². The number of hydrogen-bond donors (Lipinski definition) is 2. The monoisotopic (exact) mass is 251 g/mol. The van der Waals surface area contributed by atoms with Gasteiger partial charge in [0.15, 0.2) is 0 Å². The summed E-state index contributed by atoms with van der Waals surface area (Å²) in [7, 11) is 0. The maximum Gasteiger partial charge on any atom is 0.252 e. The molecule has 0 aliphatic carbocycles. The summed E-state index contributed by atoms with van der Waals surface area (Å²) in [6, 6.07) is 2.83. The van der Waals surface area contributed by atoms with Crippen molar-refractivity contribution < 1.29 is 9.90 Å². The average molecular weight is 251 g/mol. The lowest BCUT2D eigenvalue weighted by Gasteiger charge is -2.28. The second kappa shape index (κ2) is 4.81. The minimum atomic E-state index is -0.316. The molecule has 0 fully saturated rings. The van der Waals surface area contributed by atoms with Crippen LogP contribution >= 0.6 is 0 Å². The summed E-state index contributed by atoms with van der Waals surface area (Å²) in [5.41, 5.74) is 0.631. The third-order valence-corrected chi connectivity index (χ3v) is 3.05. The highest BCUT2D eigenvalue weighted by Crippen LogP contribution is 2.34. The highest BCUT2D eigenvalue weighted by molar-refractivity contribution is 6.02. The zero-order chi connectivity index (χ0) is 13.3. The van der Waals surface area contributed by atoms with Crippen LogP contribution in [-0.2, 0) is 11.3 Å². The van der Waals surface area contributed by atoms with Gasteiger partial charge < -0.3 is 10.4 Å². The van der Waals surface area contributed by atoms with Crippen LogP contribution in [0.4, 0.5) is 11.5 Å². The predicted octanol–water partition coefficient (Wildman–Crippen LogP) is 0.00750. The number of carbonyl (C=O) groups is 1. The van der Waals surface area contributed by atoms with Gasteiger partial charge >= 0.3 is 0 Å². The van der Waals surface area contributed by atoms with Gasteiger partial charge in [-0.15, -0.1) is 0 Å². The number of amides is 1. The van der Waals surface area contributed by atoms with E-state index in [2.05, 4.69) is 5.32 Å². The molecule has 1 amide bonds. The van der Waals surface area contributed by atoms with Gasteiger partial charge in [0.2, 0.25) is 5.91 Å². The molecule has 0 saturated heterocycles. The summed E-state index contributed by atoms with van der Waals surface area (Å²) in [5.74, 6) is 0.478. The Morgan fingerprint density at radius 1 is 1.39 bits per heavy atom. The first-order valence-electron chi connectivity index (χ1n) is 6.13. The molecule has 2 aliphatic rings. The van der Waals surface area contributed by atoms with Crippen molar-refractivity contribution in [3.63, 3.8) is 0 Å². The number of hydrogen-bond acceptors (Lipinski definition) is 4. The lowest BCUT2D eigenvalue weighted by atomic mass is 10.2. The highest BCUT2D eigenvalue weighted by atomic mass is 16.3. The molecule has 98 valence electrons. The Morgan fingerprint density at radius 3 is 2.78 bits per heavy atom. The van der Waals surface area contributed by atoms with E-state index in [0.717, 1.165) is 5.69 Å². The Balaban J connectivity index is 0.000000574. The van der Waals surface area contributed by atoms with E-state index in [1.807, 2.05) is 13.8 Å². The molecule has 0 bridgehead atoms. The lowest BCUT2D eigenvalue weighted by molar-refractivity contribution is -0.117. The number of pyridine rings is 1. The zero-order valence-corrected chi connectivity index (χ0v) is 10.5. The normalized spacial score (nSPS) is 19.8. The van der Waals surface area contributed by atoms with Crippen LogP contribution in [0.3, 0.4) is 0 Å². The van der Waals surface area contributed by atoms with Gasteiger partial charge in [-0.3, -0.25) is 19.1 Å². The SMILES string of the molecule is CC.O=C1CNc2ccc(=O)n3c2N1C(CO)C3. The first-order valence-corrected chi connectivity index (χ1v) is 6.13. The van der Waals surface area contributed by atoms with Crippen LogP contribution in [-0.4, -0.2) is 34.8 Å². The maximum atomic E-state index is 11.7. The topological polar surface area (TPSA) is 74.6 Å². The molecule has 6 heteroatoms. The Kier molecular flexibility index (Phi) is 3.38. The van der Waals surface area contributed by atoms with Crippen LogP contribution in [0.5, 0.6) is 0 Å². The van der Waals surface area contributed by atoms with E-state index in [0.29, 0.717) is 12.4 Å². The van der Waals surface area contributed by atoms with Crippen molar-refractivity contribution in [2.75, 3.05) is 23.4 Å². The molecular formula is C12H17N3O3. The Labute approximate surface area is 105 Å². The fraction of sp³-hybridized carbons (Fsp3) is 0.500. The second-order valence-corrected chi connectivity index (χ2v) is 3.97. The molecule has 0 saturated carbocycles. The number of rotatable bonds is 1. The summed E-state index contributed by atoms with van der Waals surface area (Å²) >= 11 is 0. The molecule has 0 radical (unpaired) electrons. The molecule has 2 aliphatic heterocycles. The number of anilines is 2. The first-order chi connectivity index (χ1) is 8.72. The van der Waals surface area contributed by atoms with E-state index < -0.39 is 0 Å². The van der Waals surface area contributed by atoms with Crippen molar-refractivity contribution in [1.29, 1.82) is 0 Å². The van der Waals surface area contributed by atoms with Crippen LogP contribution in [0.25, 0.3) is 0 Å². The van der Waals surface area contributed by atoms with E-state index in [1.165, 1.54) is 15.5 Å². The molecule has 2 N–H and O–H groups in total. The van der Waals surface area contributed by atoms with Crippen LogP contribution in [0.1, 0.15) is 13.8 Å². The Hall–Kier alpha value is -1.82. The van der Waals surface area contributed by atoms with E-state index in [9.17, 15) is 14.7 Å². The molecule has 1 aromatic heterocycles. The standard InChI is InChI=1S/C10H11N3O3.C2H6/c14-5-6-4-12-8(15)2-1-7-10(12)13(6)9(16)3-11-7;1-2/h1-2,6,11,14H,3-5H2;1-2H3. The molecule has 1 aromatic rings. The van der Waals surface area contributed by atoms with Crippen LogP contribution in [0.2, 0.25) is 0 Å². The van der Waals surface area contributed by atoms with E-state index in [1.54, 1.807) is 6.07 Å². The van der Waals surface area contributed by atoms with Crippen LogP contribution in [0, 0.1) is 0 Å². The molecule has 18 heavy (non-hydrogen) atoms. The third kappa shape index (κ3) is 1.69. The fourth-order valence-electron chi connectivity index (χ4n) is 2.33. The molecular weight excluding hydrogens is 234 g/mol. The predicted molar refractivity (Wildman–Crippen MR) is 68.9 cm³/mol. The second-order valence-electron chi connectivity index (χ2n) is 3.97. The quantitative estimate of drug-likeness (QED) is 0.737. The minimum Gasteiger partial charge on any atom is -0.394 e. The summed E-state index contributed by atoms with van der Waals surface area (Å²) in [6.07, 6.45) is 0. The van der Waals surface area contributed by atoms with Crippen LogP contribution in [0.15, 0.2) is 16.9 Å². The van der Waals surface area contributed by atoms with Crippen molar-refractivity contribution in [2.45, 2.75) is 26.4 Å². The molecule has 1 unspecified atom stereocenters.